The number of aryl methyl sites for hydroxylation is 2. The van der Waals surface area contributed by atoms with Crippen molar-refractivity contribution >= 4 is 5.91 Å². The highest BCUT2D eigenvalue weighted by Gasteiger charge is 2.26. The Morgan fingerprint density at radius 3 is 3.04 bits per heavy atom. The van der Waals surface area contributed by atoms with Crippen LogP contribution in [-0.2, 0) is 16.0 Å². The lowest BCUT2D eigenvalue weighted by atomic mass is 10.1. The zero-order valence-electron chi connectivity index (χ0n) is 14.2. The maximum absolute atomic E-state index is 12.4. The van der Waals surface area contributed by atoms with E-state index in [1.165, 1.54) is 13.2 Å². The molecule has 1 fully saturated rings. The first-order valence-electron chi connectivity index (χ1n) is 8.02. The number of morpholine rings is 1. The van der Waals surface area contributed by atoms with Gasteiger partial charge >= 0.3 is 0 Å². The van der Waals surface area contributed by atoms with E-state index in [4.69, 9.17) is 14.0 Å². The second-order valence-corrected chi connectivity index (χ2v) is 5.79. The van der Waals surface area contributed by atoms with Crippen LogP contribution in [0.1, 0.15) is 29.8 Å². The van der Waals surface area contributed by atoms with Crippen molar-refractivity contribution in [2.75, 3.05) is 26.8 Å². The number of carbonyl (C=O) groups excluding carboxylic acids is 1. The Hall–Kier alpha value is -2.68. The number of rotatable bonds is 5. The molecule has 0 spiro atoms. The number of hydrogen-bond acceptors (Lipinski definition) is 7. The Morgan fingerprint density at radius 1 is 1.48 bits per heavy atom. The van der Waals surface area contributed by atoms with Gasteiger partial charge in [-0.05, 0) is 12.1 Å². The minimum absolute atomic E-state index is 0.00905. The molecule has 0 bridgehead atoms. The monoisotopic (exact) mass is 348 g/mol. The van der Waals surface area contributed by atoms with Crippen LogP contribution in [0.2, 0.25) is 0 Å². The molecule has 0 unspecified atom stereocenters. The summed E-state index contributed by atoms with van der Waals surface area (Å²) in [5.41, 5.74) is 0.313. The number of aromatic amines is 1. The summed E-state index contributed by atoms with van der Waals surface area (Å²) in [5, 5.41) is 3.71. The summed E-state index contributed by atoms with van der Waals surface area (Å²) in [6.07, 6.45) is 0.344. The lowest BCUT2D eigenvalue weighted by Gasteiger charge is -2.32. The third-order valence-electron chi connectivity index (χ3n) is 3.96. The number of methoxy groups -OCH3 is 1. The van der Waals surface area contributed by atoms with Gasteiger partial charge in [0, 0.05) is 31.5 Å². The van der Waals surface area contributed by atoms with Crippen molar-refractivity contribution in [2.45, 2.75) is 25.9 Å². The third-order valence-corrected chi connectivity index (χ3v) is 3.96. The third kappa shape index (κ3) is 4.24. The topological polar surface area (TPSA) is 111 Å². The van der Waals surface area contributed by atoms with Crippen molar-refractivity contribution in [1.82, 2.24) is 20.0 Å². The van der Waals surface area contributed by atoms with Crippen LogP contribution in [0.3, 0.4) is 0 Å². The highest BCUT2D eigenvalue weighted by Crippen LogP contribution is 2.21. The maximum Gasteiger partial charge on any atom is 0.254 e. The molecule has 1 atom stereocenters. The number of nitrogens with one attached hydrogen (secondary N) is 1. The first-order chi connectivity index (χ1) is 12.0. The summed E-state index contributed by atoms with van der Waals surface area (Å²) in [6.45, 7) is 2.99. The van der Waals surface area contributed by atoms with Crippen LogP contribution >= 0.6 is 0 Å². The predicted molar refractivity (Wildman–Crippen MR) is 86.2 cm³/mol. The summed E-state index contributed by atoms with van der Waals surface area (Å²) in [5.74, 6) is 1.51. The lowest BCUT2D eigenvalue weighted by Crippen LogP contribution is -2.42. The molecule has 1 amide bonds. The predicted octanol–water partition coefficient (Wildman–Crippen LogP) is 0.608. The van der Waals surface area contributed by atoms with Gasteiger partial charge in [-0.25, -0.2) is 4.98 Å². The molecule has 1 aliphatic rings. The minimum Gasteiger partial charge on any atom is -0.479 e. The first kappa shape index (κ1) is 17.2. The van der Waals surface area contributed by atoms with Gasteiger partial charge in [0.05, 0.1) is 26.0 Å². The number of amides is 1. The van der Waals surface area contributed by atoms with E-state index in [0.29, 0.717) is 55.7 Å². The van der Waals surface area contributed by atoms with Gasteiger partial charge in [0.25, 0.3) is 11.4 Å². The molecule has 1 N–H and O–H groups in total. The van der Waals surface area contributed by atoms with E-state index < -0.39 is 6.10 Å². The molecule has 0 aromatic carbocycles. The number of ether oxygens (including phenoxy) is 2. The van der Waals surface area contributed by atoms with Crippen LogP contribution < -0.4 is 10.3 Å². The zero-order valence-corrected chi connectivity index (χ0v) is 14.2. The molecule has 0 aliphatic carbocycles. The molecular formula is C16H20N4O5. The summed E-state index contributed by atoms with van der Waals surface area (Å²) in [4.78, 5) is 32.7. The van der Waals surface area contributed by atoms with Gasteiger partial charge in [0.15, 0.2) is 0 Å². The number of aromatic nitrogens is 3. The van der Waals surface area contributed by atoms with Crippen molar-refractivity contribution < 1.29 is 18.8 Å². The minimum atomic E-state index is -0.399. The summed E-state index contributed by atoms with van der Waals surface area (Å²) in [6, 6.07) is 3.07. The van der Waals surface area contributed by atoms with Gasteiger partial charge in [0.2, 0.25) is 5.91 Å². The molecule has 2 aromatic rings. The Bertz CT molecular complexity index is 800. The quantitative estimate of drug-likeness (QED) is 0.842. The van der Waals surface area contributed by atoms with Crippen LogP contribution in [-0.4, -0.2) is 52.7 Å². The van der Waals surface area contributed by atoms with E-state index >= 15 is 0 Å². The number of H-pyrrole nitrogens is 1. The van der Waals surface area contributed by atoms with E-state index in [2.05, 4.69) is 15.1 Å². The standard InChI is InChI=1S/C16H20N4O5/c1-10-17-12(8-14(21)18-10)13-9-20(5-6-24-13)16(22)4-3-11-7-15(23-2)19-25-11/h7-8,13H,3-6,9H2,1-2H3,(H,17,18,21)/t13-/m0/s1. The maximum atomic E-state index is 12.4. The molecule has 9 heteroatoms. The molecule has 134 valence electrons. The van der Waals surface area contributed by atoms with Crippen molar-refractivity contribution in [3.05, 3.63) is 39.8 Å². The fourth-order valence-corrected chi connectivity index (χ4v) is 2.72. The van der Waals surface area contributed by atoms with Crippen molar-refractivity contribution in [1.29, 1.82) is 0 Å². The largest absolute Gasteiger partial charge is 0.479 e. The summed E-state index contributed by atoms with van der Waals surface area (Å²) in [7, 11) is 1.51. The Labute approximate surface area is 143 Å². The van der Waals surface area contributed by atoms with Gasteiger partial charge in [0.1, 0.15) is 17.7 Å². The van der Waals surface area contributed by atoms with Gasteiger partial charge in [-0.1, -0.05) is 0 Å². The molecule has 3 heterocycles. The van der Waals surface area contributed by atoms with E-state index in [1.54, 1.807) is 17.9 Å². The van der Waals surface area contributed by atoms with Gasteiger partial charge in [-0.15, -0.1) is 0 Å². The molecule has 3 rings (SSSR count). The van der Waals surface area contributed by atoms with E-state index in [-0.39, 0.29) is 11.5 Å². The van der Waals surface area contributed by atoms with Crippen LogP contribution in [0.15, 0.2) is 21.5 Å². The summed E-state index contributed by atoms with van der Waals surface area (Å²) < 4.78 is 15.7. The Balaban J connectivity index is 1.60. The average Bonchev–Trinajstić information content (AvgIpc) is 3.07. The molecule has 25 heavy (non-hydrogen) atoms. The van der Waals surface area contributed by atoms with Crippen LogP contribution in [0, 0.1) is 6.92 Å². The van der Waals surface area contributed by atoms with Crippen LogP contribution in [0.4, 0.5) is 0 Å². The SMILES string of the molecule is COc1cc(CCC(=O)N2CCO[C@H](c3cc(=O)[nH]c(C)n3)C2)on1. The van der Waals surface area contributed by atoms with E-state index in [9.17, 15) is 9.59 Å². The van der Waals surface area contributed by atoms with E-state index in [0.717, 1.165) is 0 Å². The fraction of sp³-hybridized carbons (Fsp3) is 0.500. The second kappa shape index (κ2) is 7.47. The molecule has 0 saturated carbocycles. The number of hydrogen-bond donors (Lipinski definition) is 1. The number of carbonyl (C=O) groups is 1. The lowest BCUT2D eigenvalue weighted by molar-refractivity contribution is -0.139. The van der Waals surface area contributed by atoms with Crippen molar-refractivity contribution in [3.63, 3.8) is 0 Å². The normalized spacial score (nSPS) is 17.5. The second-order valence-electron chi connectivity index (χ2n) is 5.79. The Kier molecular flexibility index (Phi) is 5.13. The highest BCUT2D eigenvalue weighted by atomic mass is 16.5. The molecule has 1 aliphatic heterocycles. The fourth-order valence-electron chi connectivity index (χ4n) is 2.72. The van der Waals surface area contributed by atoms with Gasteiger partial charge in [-0.3, -0.25) is 9.59 Å². The molecule has 2 aromatic heterocycles. The number of nitrogens with zero attached hydrogens (tertiary/aromatic N) is 3. The first-order valence-corrected chi connectivity index (χ1v) is 8.02. The molecule has 1 saturated heterocycles. The molecule has 0 radical (unpaired) electrons. The molecule has 9 nitrogen and oxygen atoms in total. The molecular weight excluding hydrogens is 328 g/mol. The highest BCUT2D eigenvalue weighted by molar-refractivity contribution is 5.76. The smallest absolute Gasteiger partial charge is 0.254 e. The van der Waals surface area contributed by atoms with Gasteiger partial charge < -0.3 is 23.9 Å². The van der Waals surface area contributed by atoms with E-state index in [1.807, 2.05) is 0 Å². The average molecular weight is 348 g/mol. The van der Waals surface area contributed by atoms with Gasteiger partial charge in [-0.2, -0.15) is 0 Å². The van der Waals surface area contributed by atoms with Crippen molar-refractivity contribution in [3.8, 4) is 5.88 Å². The van der Waals surface area contributed by atoms with Crippen LogP contribution in [0.25, 0.3) is 0 Å². The van der Waals surface area contributed by atoms with Crippen LogP contribution in [0.5, 0.6) is 5.88 Å². The van der Waals surface area contributed by atoms with Crippen molar-refractivity contribution in [2.24, 2.45) is 0 Å². The Morgan fingerprint density at radius 2 is 2.32 bits per heavy atom. The zero-order chi connectivity index (χ0) is 17.8. The summed E-state index contributed by atoms with van der Waals surface area (Å²) >= 11 is 0.